The molecule has 4 aromatic rings. The fourth-order valence-corrected chi connectivity index (χ4v) is 6.04. The van der Waals surface area contributed by atoms with Crippen LogP contribution in [0.1, 0.15) is 116 Å². The average molecular weight is 827 g/mol. The number of hydrogen-bond donors (Lipinski definition) is 1. The summed E-state index contributed by atoms with van der Waals surface area (Å²) >= 11 is 0. The predicted octanol–water partition coefficient (Wildman–Crippen LogP) is 11.6. The van der Waals surface area contributed by atoms with Gasteiger partial charge in [-0.05, 0) is 88.0 Å². The van der Waals surface area contributed by atoms with Gasteiger partial charge < -0.3 is 10.1 Å². The molecule has 7 heteroatoms. The number of alkyl halides is 3. The van der Waals surface area contributed by atoms with Gasteiger partial charge in [-0.3, -0.25) is 4.79 Å². The Hall–Kier alpha value is -2.60. The Morgan fingerprint density at radius 2 is 1.45 bits per heavy atom. The van der Waals surface area contributed by atoms with Crippen molar-refractivity contribution in [2.24, 2.45) is 10.8 Å². The van der Waals surface area contributed by atoms with Gasteiger partial charge in [0.25, 0.3) is 0 Å². The molecule has 1 N–H and O–H groups in total. The fraction of sp³-hybridized carbons (Fsp3) is 0.500. The van der Waals surface area contributed by atoms with Gasteiger partial charge in [0, 0.05) is 38.1 Å². The number of pyridine rings is 1. The SMILES string of the molecule is CCC(C)(CC)C(=O)CC(O)C(C)(CC)CC.Cc1[c-]c(-c2nccc3c2ccc2c(C(C)C)cc(C(F)(F)F)cc23)cc(C)c1.[Ir]. The summed E-state index contributed by atoms with van der Waals surface area (Å²) in [5, 5.41) is 13.3. The largest absolute Gasteiger partial charge is 0.416 e. The van der Waals surface area contributed by atoms with Crippen LogP contribution in [-0.4, -0.2) is 22.0 Å². The first-order valence-corrected chi connectivity index (χ1v) is 16.6. The van der Waals surface area contributed by atoms with Gasteiger partial charge in [-0.1, -0.05) is 81.4 Å². The van der Waals surface area contributed by atoms with Gasteiger partial charge in [0.2, 0.25) is 0 Å². The fourth-order valence-electron chi connectivity index (χ4n) is 6.04. The number of carbonyl (C=O) groups excluding carboxylic acids is 1. The summed E-state index contributed by atoms with van der Waals surface area (Å²) in [6.07, 6.45) is 0.585. The first-order chi connectivity index (χ1) is 21.4. The predicted molar refractivity (Wildman–Crippen MR) is 185 cm³/mol. The van der Waals surface area contributed by atoms with E-state index in [1.54, 1.807) is 12.3 Å². The maximum absolute atomic E-state index is 13.6. The Morgan fingerprint density at radius 3 is 1.96 bits per heavy atom. The number of benzene rings is 3. The standard InChI is InChI=1S/C25H21F3N.C15H30O2.Ir/c1-14(2)22-12-18(25(26,27)28)13-23-19(22)5-6-21-20(23)7-8-29-24(21)17-10-15(3)9-16(4)11-17;1-7-14(5,8-2)12(16)11-13(17)15(6,9-3)10-4;/h5-10,12-14H,1-4H3;12,16H,7-11H2,1-6H3;/q-1;;. The summed E-state index contributed by atoms with van der Waals surface area (Å²) in [6.45, 7) is 20.2. The molecule has 1 radical (unpaired) electrons. The molecule has 0 amide bonds. The number of aliphatic hydroxyl groups excluding tert-OH is 1. The van der Waals surface area contributed by atoms with Crippen LogP contribution in [0.5, 0.6) is 0 Å². The Balaban J connectivity index is 0.000000370. The molecule has 1 aromatic heterocycles. The number of hydrogen-bond acceptors (Lipinski definition) is 3. The van der Waals surface area contributed by atoms with E-state index >= 15 is 0 Å². The van der Waals surface area contributed by atoms with Crippen molar-refractivity contribution < 1.29 is 43.2 Å². The van der Waals surface area contributed by atoms with Crippen molar-refractivity contribution in [3.8, 4) is 11.3 Å². The summed E-state index contributed by atoms with van der Waals surface area (Å²) in [5.74, 6) is 0.189. The van der Waals surface area contributed by atoms with Gasteiger partial charge in [-0.15, -0.1) is 34.9 Å². The zero-order chi connectivity index (χ0) is 34.6. The number of halogens is 3. The van der Waals surface area contributed by atoms with Crippen molar-refractivity contribution in [1.82, 2.24) is 4.98 Å². The Labute approximate surface area is 293 Å². The maximum Gasteiger partial charge on any atom is 0.416 e. The van der Waals surface area contributed by atoms with E-state index in [0.717, 1.165) is 64.2 Å². The van der Waals surface area contributed by atoms with E-state index in [1.165, 1.54) is 12.1 Å². The van der Waals surface area contributed by atoms with Crippen LogP contribution >= 0.6 is 0 Å². The molecule has 1 unspecified atom stereocenters. The second-order valence-corrected chi connectivity index (χ2v) is 13.7. The van der Waals surface area contributed by atoms with Gasteiger partial charge in [0.15, 0.2) is 0 Å². The molecular formula is C40H51F3IrNO2-. The van der Waals surface area contributed by atoms with Crippen molar-refractivity contribution in [3.05, 3.63) is 77.0 Å². The van der Waals surface area contributed by atoms with E-state index in [9.17, 15) is 23.1 Å². The molecule has 259 valence electrons. The summed E-state index contributed by atoms with van der Waals surface area (Å²) in [6, 6.07) is 15.6. The van der Waals surface area contributed by atoms with E-state index in [1.807, 2.05) is 72.7 Å². The Morgan fingerprint density at radius 1 is 0.851 bits per heavy atom. The van der Waals surface area contributed by atoms with Crippen LogP contribution in [0, 0.1) is 30.7 Å². The molecule has 47 heavy (non-hydrogen) atoms. The van der Waals surface area contributed by atoms with E-state index in [2.05, 4.69) is 31.8 Å². The first kappa shape index (κ1) is 40.6. The molecule has 1 atom stereocenters. The molecule has 0 bridgehead atoms. The number of nitrogens with zero attached hydrogens (tertiary/aromatic N) is 1. The zero-order valence-electron chi connectivity index (χ0n) is 29.6. The van der Waals surface area contributed by atoms with Crippen LogP contribution in [0.15, 0.2) is 48.7 Å². The van der Waals surface area contributed by atoms with Crippen molar-refractivity contribution in [3.63, 3.8) is 0 Å². The third-order valence-electron chi connectivity index (χ3n) is 10.3. The molecule has 0 spiro atoms. The van der Waals surface area contributed by atoms with Crippen LogP contribution in [0.2, 0.25) is 0 Å². The first-order valence-electron chi connectivity index (χ1n) is 16.6. The number of fused-ring (bicyclic) bond motifs is 3. The molecule has 1 heterocycles. The van der Waals surface area contributed by atoms with Gasteiger partial charge >= 0.3 is 6.18 Å². The summed E-state index contributed by atoms with van der Waals surface area (Å²) in [4.78, 5) is 16.8. The number of aliphatic hydroxyl groups is 1. The normalized spacial score (nSPS) is 12.9. The molecule has 0 saturated carbocycles. The van der Waals surface area contributed by atoms with Crippen LogP contribution in [0.4, 0.5) is 13.2 Å². The zero-order valence-corrected chi connectivity index (χ0v) is 32.0. The topological polar surface area (TPSA) is 50.2 Å². The number of rotatable bonds is 10. The van der Waals surface area contributed by atoms with Crippen molar-refractivity contribution in [1.29, 1.82) is 0 Å². The molecule has 0 saturated heterocycles. The minimum atomic E-state index is -4.39. The number of carbonyl (C=O) groups is 1. The third kappa shape index (κ3) is 9.10. The quantitative estimate of drug-likeness (QED) is 0.128. The molecule has 3 nitrogen and oxygen atoms in total. The van der Waals surface area contributed by atoms with Crippen LogP contribution in [-0.2, 0) is 31.1 Å². The third-order valence-corrected chi connectivity index (χ3v) is 10.3. The van der Waals surface area contributed by atoms with E-state index < -0.39 is 17.8 Å². The Bertz CT molecular complexity index is 1650. The monoisotopic (exact) mass is 827 g/mol. The maximum atomic E-state index is 13.6. The van der Waals surface area contributed by atoms with Crippen LogP contribution in [0.3, 0.4) is 0 Å². The van der Waals surface area contributed by atoms with Gasteiger partial charge in [0.1, 0.15) is 5.78 Å². The van der Waals surface area contributed by atoms with E-state index in [-0.39, 0.29) is 42.6 Å². The van der Waals surface area contributed by atoms with Gasteiger partial charge in [0.05, 0.1) is 11.7 Å². The molecule has 4 rings (SSSR count). The Kier molecular flexibility index (Phi) is 14.0. The van der Waals surface area contributed by atoms with Crippen LogP contribution < -0.4 is 0 Å². The molecule has 3 aromatic carbocycles. The van der Waals surface area contributed by atoms with E-state index in [4.69, 9.17) is 0 Å². The number of Topliss-reactive ketones (excluding diaryl/α,β-unsaturated/α-hetero) is 1. The second-order valence-electron chi connectivity index (χ2n) is 13.7. The summed E-state index contributed by atoms with van der Waals surface area (Å²) in [7, 11) is 0. The summed E-state index contributed by atoms with van der Waals surface area (Å²) < 4.78 is 40.7. The number of aromatic nitrogens is 1. The minimum Gasteiger partial charge on any atom is -0.392 e. The molecule has 0 aliphatic heterocycles. The minimum absolute atomic E-state index is 0. The van der Waals surface area contributed by atoms with Gasteiger partial charge in [-0.25, -0.2) is 0 Å². The van der Waals surface area contributed by atoms with Crippen molar-refractivity contribution in [2.75, 3.05) is 0 Å². The smallest absolute Gasteiger partial charge is 0.392 e. The molecular weight excluding hydrogens is 776 g/mol. The second kappa shape index (κ2) is 16.2. The number of ketones is 1. The number of aryl methyl sites for hydroxylation is 2. The molecule has 0 fully saturated rings. The van der Waals surface area contributed by atoms with Gasteiger partial charge in [-0.2, -0.15) is 13.2 Å². The van der Waals surface area contributed by atoms with Crippen LogP contribution in [0.25, 0.3) is 32.8 Å². The molecule has 0 aliphatic carbocycles. The molecule has 0 aliphatic rings. The van der Waals surface area contributed by atoms with Crippen molar-refractivity contribution >= 4 is 27.3 Å². The van der Waals surface area contributed by atoms with Crippen molar-refractivity contribution in [2.45, 2.75) is 120 Å². The summed E-state index contributed by atoms with van der Waals surface area (Å²) in [5.41, 5.74) is 3.38. The average Bonchev–Trinajstić information content (AvgIpc) is 3.02. The van der Waals surface area contributed by atoms with E-state index in [0.29, 0.717) is 17.4 Å².